The third-order valence-corrected chi connectivity index (χ3v) is 4.21. The average molecular weight is 375 g/mol. The van der Waals surface area contributed by atoms with Crippen LogP contribution in [-0.4, -0.2) is 36.9 Å². The van der Waals surface area contributed by atoms with Gasteiger partial charge in [-0.25, -0.2) is 0 Å². The number of rotatable bonds is 8. The number of ether oxygens (including phenoxy) is 1. The molecule has 0 radical (unpaired) electrons. The lowest BCUT2D eigenvalue weighted by atomic mass is 10.1. The molecule has 0 saturated heterocycles. The predicted octanol–water partition coefficient (Wildman–Crippen LogP) is 3.06. The summed E-state index contributed by atoms with van der Waals surface area (Å²) < 4.78 is 5.12. The van der Waals surface area contributed by atoms with E-state index in [0.717, 1.165) is 16.9 Å². The third kappa shape index (κ3) is 6.41. The van der Waals surface area contributed by atoms with Gasteiger partial charge in [-0.1, -0.05) is 35.9 Å². The zero-order valence-electron chi connectivity index (χ0n) is 15.0. The predicted molar refractivity (Wildman–Crippen MR) is 102 cm³/mol. The normalized spacial score (nSPS) is 10.3. The van der Waals surface area contributed by atoms with Crippen molar-refractivity contribution < 1.29 is 14.3 Å². The number of carbonyl (C=O) groups excluding carboxylic acids is 2. The summed E-state index contributed by atoms with van der Waals surface area (Å²) in [6.07, 6.45) is 0.710. The van der Waals surface area contributed by atoms with Gasteiger partial charge in [0.05, 0.1) is 13.7 Å². The highest BCUT2D eigenvalue weighted by molar-refractivity contribution is 6.30. The van der Waals surface area contributed by atoms with Gasteiger partial charge < -0.3 is 15.0 Å². The number of amides is 2. The maximum atomic E-state index is 12.1. The highest BCUT2D eigenvalue weighted by Gasteiger charge is 2.14. The quantitative estimate of drug-likeness (QED) is 0.772. The second-order valence-corrected chi connectivity index (χ2v) is 6.39. The monoisotopic (exact) mass is 374 g/mol. The Labute approximate surface area is 158 Å². The summed E-state index contributed by atoms with van der Waals surface area (Å²) in [7, 11) is 1.60. The van der Waals surface area contributed by atoms with Crippen LogP contribution < -0.4 is 10.1 Å². The Morgan fingerprint density at radius 2 is 1.65 bits per heavy atom. The Bertz CT molecular complexity index is 730. The molecule has 1 N–H and O–H groups in total. The lowest BCUT2D eigenvalue weighted by Crippen LogP contribution is -2.39. The van der Waals surface area contributed by atoms with Gasteiger partial charge in [0, 0.05) is 25.0 Å². The number of nitrogens with zero attached hydrogens (tertiary/aromatic N) is 1. The topological polar surface area (TPSA) is 58.6 Å². The van der Waals surface area contributed by atoms with Crippen LogP contribution in [0.1, 0.15) is 18.1 Å². The van der Waals surface area contributed by atoms with Crippen LogP contribution in [0.5, 0.6) is 5.75 Å². The van der Waals surface area contributed by atoms with Gasteiger partial charge >= 0.3 is 0 Å². The summed E-state index contributed by atoms with van der Waals surface area (Å²) in [5.41, 5.74) is 2.03. The van der Waals surface area contributed by atoms with Gasteiger partial charge in [-0.05, 0) is 41.8 Å². The largest absolute Gasteiger partial charge is 0.497 e. The molecule has 2 aromatic rings. The van der Waals surface area contributed by atoms with Crippen molar-refractivity contribution in [2.75, 3.05) is 20.2 Å². The minimum Gasteiger partial charge on any atom is -0.497 e. The van der Waals surface area contributed by atoms with E-state index in [0.29, 0.717) is 24.5 Å². The van der Waals surface area contributed by atoms with E-state index in [4.69, 9.17) is 16.3 Å². The Balaban J connectivity index is 1.82. The van der Waals surface area contributed by atoms with E-state index >= 15 is 0 Å². The molecule has 2 amide bonds. The van der Waals surface area contributed by atoms with Crippen LogP contribution in [0.15, 0.2) is 48.5 Å². The molecule has 0 bridgehead atoms. The Morgan fingerprint density at radius 1 is 1.04 bits per heavy atom. The fourth-order valence-corrected chi connectivity index (χ4v) is 2.58. The van der Waals surface area contributed by atoms with E-state index in [1.807, 2.05) is 48.5 Å². The molecule has 0 fully saturated rings. The smallest absolute Gasteiger partial charge is 0.239 e. The summed E-state index contributed by atoms with van der Waals surface area (Å²) in [6.45, 7) is 2.38. The fourth-order valence-electron chi connectivity index (χ4n) is 2.46. The van der Waals surface area contributed by atoms with Gasteiger partial charge in [0.1, 0.15) is 5.75 Å². The Hall–Kier alpha value is -2.53. The summed E-state index contributed by atoms with van der Waals surface area (Å²) in [5, 5.41) is 3.54. The van der Waals surface area contributed by atoms with Gasteiger partial charge in [0.25, 0.3) is 0 Å². The van der Waals surface area contributed by atoms with Crippen LogP contribution in [0.2, 0.25) is 5.02 Å². The molecule has 0 spiro atoms. The molecule has 0 heterocycles. The average Bonchev–Trinajstić information content (AvgIpc) is 2.63. The van der Waals surface area contributed by atoms with Gasteiger partial charge in [0.15, 0.2) is 0 Å². The van der Waals surface area contributed by atoms with Crippen molar-refractivity contribution in [1.29, 1.82) is 0 Å². The molecule has 0 aliphatic carbocycles. The SMILES string of the molecule is COc1ccc(CN(CC(=O)NCCc2ccc(Cl)cc2)C(C)=O)cc1. The number of benzene rings is 2. The molecule has 6 heteroatoms. The van der Waals surface area contributed by atoms with E-state index < -0.39 is 0 Å². The Morgan fingerprint density at radius 3 is 2.23 bits per heavy atom. The van der Waals surface area contributed by atoms with Crippen molar-refractivity contribution in [2.24, 2.45) is 0 Å². The number of halogens is 1. The number of methoxy groups -OCH3 is 1. The molecule has 2 aromatic carbocycles. The molecule has 0 unspecified atom stereocenters. The first kappa shape index (κ1) is 19.8. The van der Waals surface area contributed by atoms with Gasteiger partial charge in [0.2, 0.25) is 11.8 Å². The molecular weight excluding hydrogens is 352 g/mol. The number of hydrogen-bond donors (Lipinski definition) is 1. The van der Waals surface area contributed by atoms with Crippen LogP contribution >= 0.6 is 11.6 Å². The summed E-state index contributed by atoms with van der Waals surface area (Å²) in [5.74, 6) is 0.430. The molecule has 0 aliphatic rings. The molecule has 0 saturated carbocycles. The summed E-state index contributed by atoms with van der Waals surface area (Å²) in [6, 6.07) is 14.9. The Kier molecular flexibility index (Phi) is 7.48. The van der Waals surface area contributed by atoms with E-state index in [9.17, 15) is 9.59 Å². The van der Waals surface area contributed by atoms with Crippen molar-refractivity contribution >= 4 is 23.4 Å². The zero-order chi connectivity index (χ0) is 18.9. The number of hydrogen-bond acceptors (Lipinski definition) is 3. The fraction of sp³-hybridized carbons (Fsp3) is 0.300. The molecule has 5 nitrogen and oxygen atoms in total. The van der Waals surface area contributed by atoms with Gasteiger partial charge in [-0.15, -0.1) is 0 Å². The van der Waals surface area contributed by atoms with E-state index in [1.165, 1.54) is 11.8 Å². The van der Waals surface area contributed by atoms with Crippen LogP contribution in [0.4, 0.5) is 0 Å². The molecule has 0 atom stereocenters. The van der Waals surface area contributed by atoms with Crippen LogP contribution in [0, 0.1) is 0 Å². The molecule has 138 valence electrons. The van der Waals surface area contributed by atoms with Crippen LogP contribution in [0.25, 0.3) is 0 Å². The van der Waals surface area contributed by atoms with Crippen molar-refractivity contribution in [3.05, 3.63) is 64.7 Å². The van der Waals surface area contributed by atoms with Crippen LogP contribution in [-0.2, 0) is 22.6 Å². The zero-order valence-corrected chi connectivity index (χ0v) is 15.8. The lowest BCUT2D eigenvalue weighted by Gasteiger charge is -2.21. The maximum absolute atomic E-state index is 12.1. The number of nitrogens with one attached hydrogen (secondary N) is 1. The minimum absolute atomic E-state index is 0.0297. The van der Waals surface area contributed by atoms with E-state index in [2.05, 4.69) is 5.32 Å². The molecular formula is C20H23ClN2O3. The van der Waals surface area contributed by atoms with Crippen molar-refractivity contribution in [3.8, 4) is 5.75 Å². The summed E-state index contributed by atoms with van der Waals surface area (Å²) >= 11 is 5.85. The molecule has 0 aliphatic heterocycles. The van der Waals surface area contributed by atoms with Crippen molar-refractivity contribution in [2.45, 2.75) is 19.9 Å². The van der Waals surface area contributed by atoms with Crippen molar-refractivity contribution in [3.63, 3.8) is 0 Å². The van der Waals surface area contributed by atoms with Gasteiger partial charge in [-0.3, -0.25) is 9.59 Å². The first-order valence-corrected chi connectivity index (χ1v) is 8.75. The number of carbonyl (C=O) groups is 2. The standard InChI is InChI=1S/C20H23ClN2O3/c1-15(24)23(13-17-5-9-19(26-2)10-6-17)14-20(25)22-12-11-16-3-7-18(21)8-4-16/h3-10H,11-14H2,1-2H3,(H,22,25). The van der Waals surface area contributed by atoms with Gasteiger partial charge in [-0.2, -0.15) is 0 Å². The third-order valence-electron chi connectivity index (χ3n) is 3.96. The molecule has 26 heavy (non-hydrogen) atoms. The highest BCUT2D eigenvalue weighted by atomic mass is 35.5. The first-order valence-electron chi connectivity index (χ1n) is 8.37. The maximum Gasteiger partial charge on any atom is 0.239 e. The summed E-state index contributed by atoms with van der Waals surface area (Å²) in [4.78, 5) is 25.5. The molecule has 2 rings (SSSR count). The minimum atomic E-state index is -0.178. The molecule has 0 aromatic heterocycles. The van der Waals surface area contributed by atoms with E-state index in [1.54, 1.807) is 7.11 Å². The second kappa shape index (κ2) is 9.82. The highest BCUT2D eigenvalue weighted by Crippen LogP contribution is 2.13. The first-order chi connectivity index (χ1) is 12.5. The lowest BCUT2D eigenvalue weighted by molar-refractivity contribution is -0.134. The van der Waals surface area contributed by atoms with Crippen LogP contribution in [0.3, 0.4) is 0 Å². The van der Waals surface area contributed by atoms with Crippen molar-refractivity contribution in [1.82, 2.24) is 10.2 Å². The van der Waals surface area contributed by atoms with E-state index in [-0.39, 0.29) is 18.4 Å². The second-order valence-electron chi connectivity index (χ2n) is 5.95.